The summed E-state index contributed by atoms with van der Waals surface area (Å²) >= 11 is 10.5. The fourth-order valence-electron chi connectivity index (χ4n) is 1.01. The number of hydrogen-bond donors (Lipinski definition) is 1. The fraction of sp³-hybridized carbons (Fsp3) is 0.111. The van der Waals surface area contributed by atoms with Crippen molar-refractivity contribution < 1.29 is 9.53 Å². The zero-order valence-corrected chi connectivity index (χ0v) is 8.98. The topological polar surface area (TPSA) is 52.3 Å². The Bertz CT molecular complexity index is 392. The Kier molecular flexibility index (Phi) is 3.43. The van der Waals surface area contributed by atoms with Crippen LogP contribution in [-0.2, 0) is 4.74 Å². The van der Waals surface area contributed by atoms with Crippen LogP contribution in [0.3, 0.4) is 0 Å². The molecule has 3 nitrogen and oxygen atoms in total. The van der Waals surface area contributed by atoms with Gasteiger partial charge in [-0.2, -0.15) is 0 Å². The van der Waals surface area contributed by atoms with Crippen LogP contribution in [-0.4, -0.2) is 18.1 Å². The average molecular weight is 230 g/mol. The lowest BCUT2D eigenvalue weighted by Crippen LogP contribution is -2.15. The summed E-state index contributed by atoms with van der Waals surface area (Å²) in [7, 11) is 1.29. The van der Waals surface area contributed by atoms with E-state index in [1.54, 1.807) is 6.07 Å². The Hall–Kier alpha value is -1.13. The molecule has 0 atom stereocenters. The number of carbonyl (C=O) groups is 1. The largest absolute Gasteiger partial charge is 0.465 e. The number of methoxy groups -OCH3 is 1. The predicted molar refractivity (Wildman–Crippen MR) is 58.7 cm³/mol. The van der Waals surface area contributed by atoms with Gasteiger partial charge in [0.1, 0.15) is 4.99 Å². The van der Waals surface area contributed by atoms with Gasteiger partial charge in [-0.25, -0.2) is 4.79 Å². The molecule has 1 rings (SSSR count). The number of halogens is 1. The molecular weight excluding hydrogens is 222 g/mol. The minimum Gasteiger partial charge on any atom is -0.465 e. The lowest BCUT2D eigenvalue weighted by atomic mass is 10.1. The van der Waals surface area contributed by atoms with Crippen LogP contribution < -0.4 is 5.73 Å². The van der Waals surface area contributed by atoms with E-state index in [9.17, 15) is 4.79 Å². The van der Waals surface area contributed by atoms with Crippen molar-refractivity contribution in [3.63, 3.8) is 0 Å². The SMILES string of the molecule is COC(=O)c1ccc(Cl)cc1C(N)=S. The summed E-state index contributed by atoms with van der Waals surface area (Å²) in [5.41, 5.74) is 6.19. The number of esters is 1. The molecule has 0 aliphatic rings. The third-order valence-corrected chi connectivity index (χ3v) is 2.11. The number of thiocarbonyl (C=S) groups is 1. The van der Waals surface area contributed by atoms with Gasteiger partial charge in [0.2, 0.25) is 0 Å². The molecule has 0 bridgehead atoms. The molecule has 14 heavy (non-hydrogen) atoms. The van der Waals surface area contributed by atoms with Gasteiger partial charge >= 0.3 is 5.97 Å². The van der Waals surface area contributed by atoms with Crippen LogP contribution in [0.15, 0.2) is 18.2 Å². The molecule has 0 saturated carbocycles. The van der Waals surface area contributed by atoms with Gasteiger partial charge in [0.15, 0.2) is 0 Å². The highest BCUT2D eigenvalue weighted by atomic mass is 35.5. The number of hydrogen-bond acceptors (Lipinski definition) is 3. The van der Waals surface area contributed by atoms with Crippen LogP contribution in [0.25, 0.3) is 0 Å². The van der Waals surface area contributed by atoms with Crippen molar-refractivity contribution in [3.05, 3.63) is 34.3 Å². The summed E-state index contributed by atoms with van der Waals surface area (Å²) in [5, 5.41) is 0.473. The van der Waals surface area contributed by atoms with Crippen molar-refractivity contribution in [2.45, 2.75) is 0 Å². The van der Waals surface area contributed by atoms with Gasteiger partial charge < -0.3 is 10.5 Å². The second-order valence-electron chi connectivity index (χ2n) is 2.55. The molecule has 0 amide bonds. The molecule has 0 heterocycles. The Morgan fingerprint density at radius 3 is 2.64 bits per heavy atom. The summed E-state index contributed by atoms with van der Waals surface area (Å²) in [4.78, 5) is 11.4. The average Bonchev–Trinajstić information content (AvgIpc) is 2.16. The van der Waals surface area contributed by atoms with Gasteiger partial charge in [0, 0.05) is 10.6 Å². The van der Waals surface area contributed by atoms with Crippen LogP contribution in [0.5, 0.6) is 0 Å². The summed E-state index contributed by atoms with van der Waals surface area (Å²) in [6.45, 7) is 0. The van der Waals surface area contributed by atoms with E-state index in [0.29, 0.717) is 16.1 Å². The van der Waals surface area contributed by atoms with Gasteiger partial charge in [-0.05, 0) is 18.2 Å². The third-order valence-electron chi connectivity index (χ3n) is 1.65. The second-order valence-corrected chi connectivity index (χ2v) is 3.42. The molecule has 0 fully saturated rings. The normalized spacial score (nSPS) is 9.57. The number of carbonyl (C=O) groups excluding carboxylic acids is 1. The monoisotopic (exact) mass is 229 g/mol. The number of ether oxygens (including phenoxy) is 1. The van der Waals surface area contributed by atoms with Crippen LogP contribution >= 0.6 is 23.8 Å². The first kappa shape index (κ1) is 10.9. The van der Waals surface area contributed by atoms with E-state index >= 15 is 0 Å². The zero-order valence-electron chi connectivity index (χ0n) is 7.41. The van der Waals surface area contributed by atoms with Crippen molar-refractivity contribution >= 4 is 34.8 Å². The quantitative estimate of drug-likeness (QED) is 0.620. The Morgan fingerprint density at radius 2 is 2.14 bits per heavy atom. The standard InChI is InChI=1S/C9H8ClNO2S/c1-13-9(12)6-3-2-5(10)4-7(6)8(11)14/h2-4H,1H3,(H2,11,14). The van der Waals surface area contributed by atoms with Crippen LogP contribution in [0, 0.1) is 0 Å². The molecule has 2 N–H and O–H groups in total. The molecule has 0 aliphatic heterocycles. The number of nitrogens with two attached hydrogens (primary N) is 1. The summed E-state index contributed by atoms with van der Waals surface area (Å²) in [5.74, 6) is -0.482. The maximum atomic E-state index is 11.3. The first-order valence-corrected chi connectivity index (χ1v) is 4.52. The molecular formula is C9H8ClNO2S. The van der Waals surface area contributed by atoms with Crippen molar-refractivity contribution in [1.82, 2.24) is 0 Å². The van der Waals surface area contributed by atoms with E-state index in [4.69, 9.17) is 29.6 Å². The first-order chi connectivity index (χ1) is 6.56. The Labute approximate surface area is 91.8 Å². The van der Waals surface area contributed by atoms with Gasteiger partial charge in [-0.15, -0.1) is 0 Å². The first-order valence-electron chi connectivity index (χ1n) is 3.74. The molecule has 1 aromatic rings. The highest BCUT2D eigenvalue weighted by Crippen LogP contribution is 2.16. The second kappa shape index (κ2) is 4.39. The third kappa shape index (κ3) is 2.21. The molecule has 0 unspecified atom stereocenters. The van der Waals surface area contributed by atoms with Crippen LogP contribution in [0.1, 0.15) is 15.9 Å². The van der Waals surface area contributed by atoms with Gasteiger partial charge in [0.05, 0.1) is 12.7 Å². The van der Waals surface area contributed by atoms with Crippen LogP contribution in [0.4, 0.5) is 0 Å². The molecule has 0 aromatic heterocycles. The molecule has 74 valence electrons. The van der Waals surface area contributed by atoms with E-state index in [0.717, 1.165) is 0 Å². The van der Waals surface area contributed by atoms with E-state index in [1.165, 1.54) is 19.2 Å². The zero-order chi connectivity index (χ0) is 10.7. The summed E-state index contributed by atoms with van der Waals surface area (Å²) in [6.07, 6.45) is 0. The highest BCUT2D eigenvalue weighted by molar-refractivity contribution is 7.80. The van der Waals surface area contributed by atoms with Gasteiger partial charge in [-0.1, -0.05) is 23.8 Å². The summed E-state index contributed by atoms with van der Waals surface area (Å²) < 4.78 is 4.57. The van der Waals surface area contributed by atoms with Gasteiger partial charge in [0.25, 0.3) is 0 Å². The molecule has 0 spiro atoms. The molecule has 1 aromatic carbocycles. The number of benzene rings is 1. The molecule has 0 saturated heterocycles. The summed E-state index contributed by atoms with van der Waals surface area (Å²) in [6, 6.07) is 4.65. The lowest BCUT2D eigenvalue weighted by Gasteiger charge is -2.06. The van der Waals surface area contributed by atoms with Crippen molar-refractivity contribution in [2.24, 2.45) is 5.73 Å². The highest BCUT2D eigenvalue weighted by Gasteiger charge is 2.13. The number of rotatable bonds is 2. The molecule has 5 heteroatoms. The van der Waals surface area contributed by atoms with Crippen molar-refractivity contribution in [3.8, 4) is 0 Å². The maximum Gasteiger partial charge on any atom is 0.338 e. The molecule has 0 aliphatic carbocycles. The van der Waals surface area contributed by atoms with E-state index in [2.05, 4.69) is 4.74 Å². The smallest absolute Gasteiger partial charge is 0.338 e. The Balaban J connectivity index is 3.28. The lowest BCUT2D eigenvalue weighted by molar-refractivity contribution is 0.0600. The van der Waals surface area contributed by atoms with E-state index in [1.807, 2.05) is 0 Å². The Morgan fingerprint density at radius 1 is 1.50 bits per heavy atom. The minimum atomic E-state index is -0.482. The van der Waals surface area contributed by atoms with Gasteiger partial charge in [-0.3, -0.25) is 0 Å². The van der Waals surface area contributed by atoms with E-state index < -0.39 is 5.97 Å². The van der Waals surface area contributed by atoms with Crippen molar-refractivity contribution in [2.75, 3.05) is 7.11 Å². The predicted octanol–water partition coefficient (Wildman–Crippen LogP) is 1.76. The maximum absolute atomic E-state index is 11.3. The van der Waals surface area contributed by atoms with Crippen molar-refractivity contribution in [1.29, 1.82) is 0 Å². The molecule has 0 radical (unpaired) electrons. The van der Waals surface area contributed by atoms with Crippen LogP contribution in [0.2, 0.25) is 5.02 Å². The minimum absolute atomic E-state index is 0.118. The fourth-order valence-corrected chi connectivity index (χ4v) is 1.35. The van der Waals surface area contributed by atoms with E-state index in [-0.39, 0.29) is 4.99 Å².